The number of amides is 1. The van der Waals surface area contributed by atoms with Gasteiger partial charge in [-0.15, -0.1) is 0 Å². The van der Waals surface area contributed by atoms with Crippen LogP contribution in [0.25, 0.3) is 0 Å². The monoisotopic (exact) mass is 211 g/mol. The molecule has 0 aromatic heterocycles. The first-order valence-corrected chi connectivity index (χ1v) is 5.38. The van der Waals surface area contributed by atoms with Crippen molar-refractivity contribution < 1.29 is 4.79 Å². The van der Waals surface area contributed by atoms with Gasteiger partial charge in [0.15, 0.2) is 0 Å². The SMILES string of the molecule is CC(C)CNC(=O)C(C)NC(C)CC#N. The molecule has 0 saturated heterocycles. The van der Waals surface area contributed by atoms with Crippen molar-refractivity contribution >= 4 is 5.91 Å². The van der Waals surface area contributed by atoms with Crippen molar-refractivity contribution in [3.8, 4) is 6.07 Å². The van der Waals surface area contributed by atoms with Gasteiger partial charge in [-0.25, -0.2) is 0 Å². The fourth-order valence-corrected chi connectivity index (χ4v) is 1.16. The summed E-state index contributed by atoms with van der Waals surface area (Å²) in [6, 6.07) is 1.88. The Labute approximate surface area is 92.0 Å². The van der Waals surface area contributed by atoms with Gasteiger partial charge in [0.05, 0.1) is 18.5 Å². The lowest BCUT2D eigenvalue weighted by Crippen LogP contribution is -2.46. The molecular weight excluding hydrogens is 190 g/mol. The van der Waals surface area contributed by atoms with Crippen molar-refractivity contribution in [1.82, 2.24) is 10.6 Å². The lowest BCUT2D eigenvalue weighted by molar-refractivity contribution is -0.123. The van der Waals surface area contributed by atoms with Crippen LogP contribution in [0.5, 0.6) is 0 Å². The van der Waals surface area contributed by atoms with Crippen LogP contribution in [-0.4, -0.2) is 24.5 Å². The fourth-order valence-electron chi connectivity index (χ4n) is 1.16. The average molecular weight is 211 g/mol. The molecule has 0 aliphatic carbocycles. The molecule has 4 nitrogen and oxygen atoms in total. The standard InChI is InChI=1S/C11H21N3O/c1-8(2)7-13-11(15)10(4)14-9(3)5-6-12/h8-10,14H,5,7H2,1-4H3,(H,13,15). The maximum absolute atomic E-state index is 11.5. The second kappa shape index (κ2) is 7.24. The van der Waals surface area contributed by atoms with E-state index in [1.165, 1.54) is 0 Å². The molecule has 0 radical (unpaired) electrons. The number of hydrogen-bond acceptors (Lipinski definition) is 3. The van der Waals surface area contributed by atoms with Gasteiger partial charge < -0.3 is 10.6 Å². The van der Waals surface area contributed by atoms with Crippen LogP contribution in [0.1, 0.15) is 34.1 Å². The Balaban J connectivity index is 3.84. The van der Waals surface area contributed by atoms with Gasteiger partial charge in [0, 0.05) is 12.6 Å². The highest BCUT2D eigenvalue weighted by Gasteiger charge is 2.14. The number of nitrogens with one attached hydrogen (secondary N) is 2. The molecule has 15 heavy (non-hydrogen) atoms. The Morgan fingerprint density at radius 1 is 1.33 bits per heavy atom. The first kappa shape index (κ1) is 13.9. The van der Waals surface area contributed by atoms with Crippen molar-refractivity contribution in [2.45, 2.75) is 46.2 Å². The van der Waals surface area contributed by atoms with Crippen LogP contribution in [0, 0.1) is 17.2 Å². The minimum Gasteiger partial charge on any atom is -0.354 e. The van der Waals surface area contributed by atoms with Crippen LogP contribution in [0.4, 0.5) is 0 Å². The van der Waals surface area contributed by atoms with Gasteiger partial charge in [0.1, 0.15) is 0 Å². The Bertz CT molecular complexity index is 232. The van der Waals surface area contributed by atoms with Gasteiger partial charge in [-0.3, -0.25) is 4.79 Å². The van der Waals surface area contributed by atoms with Crippen LogP contribution < -0.4 is 10.6 Å². The smallest absolute Gasteiger partial charge is 0.236 e. The molecule has 0 bridgehead atoms. The summed E-state index contributed by atoms with van der Waals surface area (Å²) in [6.07, 6.45) is 0.418. The highest BCUT2D eigenvalue weighted by atomic mass is 16.2. The molecule has 0 aliphatic heterocycles. The summed E-state index contributed by atoms with van der Waals surface area (Å²) in [5.74, 6) is 0.450. The zero-order valence-corrected chi connectivity index (χ0v) is 10.0. The number of carbonyl (C=O) groups is 1. The molecule has 0 fully saturated rings. The van der Waals surface area contributed by atoms with Gasteiger partial charge in [-0.1, -0.05) is 13.8 Å². The number of nitrogens with zero attached hydrogens (tertiary/aromatic N) is 1. The van der Waals surface area contributed by atoms with Crippen molar-refractivity contribution in [2.75, 3.05) is 6.54 Å². The number of carbonyl (C=O) groups excluding carboxylic acids is 1. The third kappa shape index (κ3) is 6.92. The van der Waals surface area contributed by atoms with Crippen molar-refractivity contribution in [2.24, 2.45) is 5.92 Å². The average Bonchev–Trinajstić information content (AvgIpc) is 2.14. The van der Waals surface area contributed by atoms with E-state index in [1.54, 1.807) is 0 Å². The lowest BCUT2D eigenvalue weighted by atomic mass is 10.2. The van der Waals surface area contributed by atoms with E-state index in [4.69, 9.17) is 5.26 Å². The number of nitriles is 1. The van der Waals surface area contributed by atoms with Crippen LogP contribution in [0.15, 0.2) is 0 Å². The Kier molecular flexibility index (Phi) is 6.72. The zero-order chi connectivity index (χ0) is 11.8. The van der Waals surface area contributed by atoms with Crippen LogP contribution in [0.3, 0.4) is 0 Å². The Morgan fingerprint density at radius 3 is 2.40 bits per heavy atom. The van der Waals surface area contributed by atoms with Crippen molar-refractivity contribution in [3.63, 3.8) is 0 Å². The zero-order valence-electron chi connectivity index (χ0n) is 10.0. The molecule has 1 amide bonds. The summed E-state index contributed by atoms with van der Waals surface area (Å²) in [6.45, 7) is 8.50. The van der Waals surface area contributed by atoms with E-state index in [0.717, 1.165) is 0 Å². The normalized spacial score (nSPS) is 14.4. The Morgan fingerprint density at radius 2 is 1.93 bits per heavy atom. The van der Waals surface area contributed by atoms with E-state index in [9.17, 15) is 4.79 Å². The maximum Gasteiger partial charge on any atom is 0.236 e. The number of hydrogen-bond donors (Lipinski definition) is 2. The van der Waals surface area contributed by atoms with E-state index < -0.39 is 0 Å². The summed E-state index contributed by atoms with van der Waals surface area (Å²) >= 11 is 0. The minimum atomic E-state index is -0.243. The molecule has 0 spiro atoms. The molecule has 0 rings (SSSR count). The molecule has 2 atom stereocenters. The highest BCUT2D eigenvalue weighted by molar-refractivity contribution is 5.81. The predicted octanol–water partition coefficient (Wildman–Crippen LogP) is 1.04. The molecule has 0 heterocycles. The first-order valence-electron chi connectivity index (χ1n) is 5.38. The lowest BCUT2D eigenvalue weighted by Gasteiger charge is -2.18. The van der Waals surface area contributed by atoms with Crippen LogP contribution >= 0.6 is 0 Å². The minimum absolute atomic E-state index is 0.00603. The van der Waals surface area contributed by atoms with Gasteiger partial charge in [-0.05, 0) is 19.8 Å². The number of rotatable bonds is 6. The highest BCUT2D eigenvalue weighted by Crippen LogP contribution is 1.93. The molecule has 0 aromatic rings. The summed E-state index contributed by atoms with van der Waals surface area (Å²) in [5.41, 5.74) is 0. The van der Waals surface area contributed by atoms with E-state index >= 15 is 0 Å². The molecule has 2 N–H and O–H groups in total. The van der Waals surface area contributed by atoms with E-state index in [2.05, 4.69) is 30.6 Å². The quantitative estimate of drug-likeness (QED) is 0.690. The summed E-state index contributed by atoms with van der Waals surface area (Å²) in [4.78, 5) is 11.5. The largest absolute Gasteiger partial charge is 0.354 e. The van der Waals surface area contributed by atoms with Crippen LogP contribution in [0.2, 0.25) is 0 Å². The maximum atomic E-state index is 11.5. The summed E-state index contributed by atoms with van der Waals surface area (Å²) in [7, 11) is 0. The molecule has 0 aromatic carbocycles. The summed E-state index contributed by atoms with van der Waals surface area (Å²) < 4.78 is 0. The molecule has 4 heteroatoms. The van der Waals surface area contributed by atoms with Gasteiger partial charge in [-0.2, -0.15) is 5.26 Å². The first-order chi connectivity index (χ1) is 6.97. The molecule has 0 aliphatic rings. The van der Waals surface area contributed by atoms with Gasteiger partial charge in [0.2, 0.25) is 5.91 Å². The summed E-state index contributed by atoms with van der Waals surface area (Å²) in [5, 5.41) is 14.4. The van der Waals surface area contributed by atoms with E-state index in [1.807, 2.05) is 13.8 Å². The van der Waals surface area contributed by atoms with Crippen LogP contribution in [-0.2, 0) is 4.79 Å². The third-order valence-corrected chi connectivity index (χ3v) is 2.01. The Hall–Kier alpha value is -1.08. The molecule has 0 saturated carbocycles. The molecule has 2 unspecified atom stereocenters. The molecule has 86 valence electrons. The fraction of sp³-hybridized carbons (Fsp3) is 0.818. The van der Waals surface area contributed by atoms with Crippen molar-refractivity contribution in [1.29, 1.82) is 5.26 Å². The second-order valence-electron chi connectivity index (χ2n) is 4.29. The van der Waals surface area contributed by atoms with Gasteiger partial charge in [0.25, 0.3) is 0 Å². The van der Waals surface area contributed by atoms with Gasteiger partial charge >= 0.3 is 0 Å². The molecular formula is C11H21N3O. The van der Waals surface area contributed by atoms with E-state index in [0.29, 0.717) is 18.9 Å². The third-order valence-electron chi connectivity index (χ3n) is 2.01. The predicted molar refractivity (Wildman–Crippen MR) is 60.1 cm³/mol. The van der Waals surface area contributed by atoms with E-state index in [-0.39, 0.29) is 18.0 Å². The van der Waals surface area contributed by atoms with Crippen molar-refractivity contribution in [3.05, 3.63) is 0 Å². The second-order valence-corrected chi connectivity index (χ2v) is 4.29. The topological polar surface area (TPSA) is 64.9 Å².